The van der Waals surface area contributed by atoms with Gasteiger partial charge in [-0.15, -0.1) is 0 Å². The molecule has 2 heterocycles. The molecule has 1 unspecified atom stereocenters. The van der Waals surface area contributed by atoms with E-state index >= 15 is 0 Å². The third-order valence-electron chi connectivity index (χ3n) is 4.68. The van der Waals surface area contributed by atoms with Crippen molar-refractivity contribution in [1.29, 1.82) is 0 Å². The van der Waals surface area contributed by atoms with Gasteiger partial charge in [0.15, 0.2) is 0 Å². The molecule has 1 fully saturated rings. The van der Waals surface area contributed by atoms with Gasteiger partial charge in [0.1, 0.15) is 0 Å². The second kappa shape index (κ2) is 5.63. The zero-order chi connectivity index (χ0) is 15.7. The Labute approximate surface area is 130 Å². The normalized spacial score (nSPS) is 23.8. The smallest absolute Gasteiger partial charge is 0.409 e. The van der Waals surface area contributed by atoms with Gasteiger partial charge in [-0.2, -0.15) is 0 Å². The predicted molar refractivity (Wildman–Crippen MR) is 84.0 cm³/mol. The van der Waals surface area contributed by atoms with Crippen molar-refractivity contribution in [3.8, 4) is 0 Å². The molecule has 0 N–H and O–H groups in total. The maximum Gasteiger partial charge on any atom is 0.409 e. The third-order valence-corrected chi connectivity index (χ3v) is 4.68. The summed E-state index contributed by atoms with van der Waals surface area (Å²) in [5, 5.41) is 0. The molecule has 5 nitrogen and oxygen atoms in total. The zero-order valence-electron chi connectivity index (χ0n) is 13.2. The number of piperidine rings is 1. The van der Waals surface area contributed by atoms with Crippen molar-refractivity contribution in [2.24, 2.45) is 0 Å². The topological polar surface area (TPSA) is 49.9 Å². The van der Waals surface area contributed by atoms with Crippen LogP contribution in [0.1, 0.15) is 31.7 Å². The lowest BCUT2D eigenvalue weighted by Gasteiger charge is -2.38. The summed E-state index contributed by atoms with van der Waals surface area (Å²) in [6.45, 7) is 3.46. The molecule has 2 aliphatic rings. The number of hydrogen-bond donors (Lipinski definition) is 0. The van der Waals surface area contributed by atoms with Crippen LogP contribution in [0.4, 0.5) is 10.5 Å². The Hall–Kier alpha value is -2.04. The molecule has 5 heteroatoms. The van der Waals surface area contributed by atoms with E-state index in [1.54, 1.807) is 9.80 Å². The maximum atomic E-state index is 12.9. The molecule has 0 saturated carbocycles. The van der Waals surface area contributed by atoms with Gasteiger partial charge in [-0.1, -0.05) is 25.1 Å². The fourth-order valence-corrected chi connectivity index (χ4v) is 3.60. The van der Waals surface area contributed by atoms with E-state index in [1.165, 1.54) is 0 Å². The molecule has 118 valence electrons. The fraction of sp³-hybridized carbons (Fsp3) is 0.529. The number of carbonyl (C=O) groups excluding carboxylic acids is 2. The van der Waals surface area contributed by atoms with Crippen LogP contribution in [0.5, 0.6) is 0 Å². The molecular formula is C17H22N2O3. The minimum atomic E-state index is -0.602. The highest BCUT2D eigenvalue weighted by Gasteiger charge is 2.52. The Morgan fingerprint density at radius 2 is 2.14 bits per heavy atom. The van der Waals surface area contributed by atoms with Gasteiger partial charge in [-0.05, 0) is 30.9 Å². The monoisotopic (exact) mass is 302 g/mol. The van der Waals surface area contributed by atoms with E-state index in [0.717, 1.165) is 30.5 Å². The van der Waals surface area contributed by atoms with Crippen LogP contribution in [-0.2, 0) is 14.9 Å². The number of nitrogens with zero attached hydrogens (tertiary/aromatic N) is 2. The summed E-state index contributed by atoms with van der Waals surface area (Å²) in [4.78, 5) is 28.5. The van der Waals surface area contributed by atoms with Crippen LogP contribution < -0.4 is 4.90 Å². The van der Waals surface area contributed by atoms with E-state index < -0.39 is 5.41 Å². The summed E-state index contributed by atoms with van der Waals surface area (Å²) in [6.07, 6.45) is 2.09. The number of hydrogen-bond acceptors (Lipinski definition) is 3. The van der Waals surface area contributed by atoms with Gasteiger partial charge in [-0.25, -0.2) is 4.79 Å². The number of ether oxygens (including phenoxy) is 1. The van der Waals surface area contributed by atoms with E-state index in [1.807, 2.05) is 38.2 Å². The van der Waals surface area contributed by atoms with Crippen LogP contribution in [0.3, 0.4) is 0 Å². The largest absolute Gasteiger partial charge is 0.449 e. The molecule has 1 aromatic rings. The van der Waals surface area contributed by atoms with Gasteiger partial charge in [-0.3, -0.25) is 4.79 Å². The van der Waals surface area contributed by atoms with Crippen molar-refractivity contribution in [3.63, 3.8) is 0 Å². The summed E-state index contributed by atoms with van der Waals surface area (Å²) in [5.41, 5.74) is 1.39. The molecule has 3 rings (SSSR count). The van der Waals surface area contributed by atoms with Crippen LogP contribution in [0.2, 0.25) is 0 Å². The van der Waals surface area contributed by atoms with E-state index in [0.29, 0.717) is 19.7 Å². The quantitative estimate of drug-likeness (QED) is 0.843. The van der Waals surface area contributed by atoms with Crippen molar-refractivity contribution in [2.75, 3.05) is 31.6 Å². The standard InChI is InChI=1S/C17H22N2O3/c1-3-11-22-16(21)19-10-6-9-17(12-19)13-7-4-5-8-14(13)18(2)15(17)20/h4-5,7-8H,3,6,9-12H2,1-2H3. The van der Waals surface area contributed by atoms with Crippen molar-refractivity contribution in [2.45, 2.75) is 31.6 Å². The number of benzene rings is 1. The predicted octanol–water partition coefficient (Wildman–Crippen LogP) is 2.54. The Balaban J connectivity index is 1.90. The van der Waals surface area contributed by atoms with Gasteiger partial charge >= 0.3 is 6.09 Å². The number of anilines is 1. The number of likely N-dealkylation sites (tertiary alicyclic amines) is 1. The molecule has 1 aromatic carbocycles. The molecule has 1 saturated heterocycles. The van der Waals surface area contributed by atoms with Crippen LogP contribution in [0.25, 0.3) is 0 Å². The summed E-state index contributed by atoms with van der Waals surface area (Å²) in [6, 6.07) is 7.88. The second-order valence-electron chi connectivity index (χ2n) is 6.10. The number of fused-ring (bicyclic) bond motifs is 2. The minimum absolute atomic E-state index is 0.0849. The third kappa shape index (κ3) is 2.16. The van der Waals surface area contributed by atoms with Crippen LogP contribution in [0, 0.1) is 0 Å². The first kappa shape index (κ1) is 14.9. The first-order valence-electron chi connectivity index (χ1n) is 7.89. The van der Waals surface area contributed by atoms with Crippen molar-refractivity contribution in [1.82, 2.24) is 4.90 Å². The summed E-state index contributed by atoms with van der Waals surface area (Å²) in [5.74, 6) is 0.0849. The maximum absolute atomic E-state index is 12.9. The van der Waals surface area contributed by atoms with Crippen molar-refractivity contribution in [3.05, 3.63) is 29.8 Å². The number of rotatable bonds is 2. The van der Waals surface area contributed by atoms with Gasteiger partial charge in [0.2, 0.25) is 5.91 Å². The minimum Gasteiger partial charge on any atom is -0.449 e. The second-order valence-corrected chi connectivity index (χ2v) is 6.10. The van der Waals surface area contributed by atoms with E-state index in [2.05, 4.69) is 0 Å². The first-order valence-corrected chi connectivity index (χ1v) is 7.89. The SMILES string of the molecule is CCCOC(=O)N1CCCC2(C1)C(=O)N(C)c1ccccc12. The number of para-hydroxylation sites is 1. The molecule has 1 spiro atoms. The molecule has 0 bridgehead atoms. The number of likely N-dealkylation sites (N-methyl/N-ethyl adjacent to an activating group) is 1. The Bertz CT molecular complexity index is 601. The summed E-state index contributed by atoms with van der Waals surface area (Å²) >= 11 is 0. The molecule has 2 amide bonds. The summed E-state index contributed by atoms with van der Waals surface area (Å²) < 4.78 is 5.25. The van der Waals surface area contributed by atoms with Crippen molar-refractivity contribution >= 4 is 17.7 Å². The summed E-state index contributed by atoms with van der Waals surface area (Å²) in [7, 11) is 1.81. The van der Waals surface area contributed by atoms with Gasteiger partial charge in [0, 0.05) is 25.8 Å². The average Bonchev–Trinajstić information content (AvgIpc) is 2.76. The molecule has 1 atom stereocenters. The van der Waals surface area contributed by atoms with E-state index in [-0.39, 0.29) is 12.0 Å². The van der Waals surface area contributed by atoms with Crippen LogP contribution in [-0.4, -0.2) is 43.6 Å². The highest BCUT2D eigenvalue weighted by Crippen LogP contribution is 2.46. The molecule has 0 aliphatic carbocycles. The van der Waals surface area contributed by atoms with Crippen LogP contribution in [0.15, 0.2) is 24.3 Å². The highest BCUT2D eigenvalue weighted by molar-refractivity contribution is 6.08. The van der Waals surface area contributed by atoms with E-state index in [4.69, 9.17) is 4.74 Å². The Morgan fingerprint density at radius 1 is 1.36 bits per heavy atom. The Kier molecular flexibility index (Phi) is 3.81. The first-order chi connectivity index (χ1) is 10.6. The lowest BCUT2D eigenvalue weighted by atomic mass is 9.75. The van der Waals surface area contributed by atoms with Crippen LogP contribution >= 0.6 is 0 Å². The van der Waals surface area contributed by atoms with Crippen molar-refractivity contribution < 1.29 is 14.3 Å². The highest BCUT2D eigenvalue weighted by atomic mass is 16.6. The molecular weight excluding hydrogens is 280 g/mol. The lowest BCUT2D eigenvalue weighted by molar-refractivity contribution is -0.124. The fourth-order valence-electron chi connectivity index (χ4n) is 3.60. The van der Waals surface area contributed by atoms with Gasteiger partial charge < -0.3 is 14.5 Å². The molecule has 0 aromatic heterocycles. The molecule has 22 heavy (non-hydrogen) atoms. The zero-order valence-corrected chi connectivity index (χ0v) is 13.2. The molecule has 0 radical (unpaired) electrons. The average molecular weight is 302 g/mol. The number of amides is 2. The van der Waals surface area contributed by atoms with Gasteiger partial charge in [0.25, 0.3) is 0 Å². The number of carbonyl (C=O) groups is 2. The lowest BCUT2D eigenvalue weighted by Crippen LogP contribution is -2.53. The van der Waals surface area contributed by atoms with E-state index in [9.17, 15) is 9.59 Å². The Morgan fingerprint density at radius 3 is 2.91 bits per heavy atom. The van der Waals surface area contributed by atoms with Gasteiger partial charge in [0.05, 0.1) is 12.0 Å². The molecule has 2 aliphatic heterocycles.